The second-order valence-corrected chi connectivity index (χ2v) is 6.34. The van der Waals surface area contributed by atoms with E-state index in [1.165, 1.54) is 0 Å². The predicted octanol–water partition coefficient (Wildman–Crippen LogP) is 3.11. The first-order chi connectivity index (χ1) is 12.1. The Morgan fingerprint density at radius 3 is 2.36 bits per heavy atom. The van der Waals surface area contributed by atoms with Gasteiger partial charge in [-0.25, -0.2) is 0 Å². The molecule has 0 fully saturated rings. The maximum Gasteiger partial charge on any atom is 0.257 e. The van der Waals surface area contributed by atoms with Crippen LogP contribution in [0.5, 0.6) is 0 Å². The fraction of sp³-hybridized carbons (Fsp3) is 0.211. The predicted molar refractivity (Wildman–Crippen MR) is 100 cm³/mol. The molecule has 4 aromatic rings. The number of hydrogen-bond donors (Lipinski definition) is 0. The average molecular weight is 332 g/mol. The van der Waals surface area contributed by atoms with Gasteiger partial charge in [0.1, 0.15) is 5.82 Å². The zero-order chi connectivity index (χ0) is 17.4. The van der Waals surface area contributed by atoms with Crippen LogP contribution >= 0.6 is 0 Å². The molecule has 0 saturated heterocycles. The van der Waals surface area contributed by atoms with Crippen molar-refractivity contribution in [2.24, 2.45) is 0 Å². The molecule has 126 valence electrons. The van der Waals surface area contributed by atoms with Gasteiger partial charge in [-0.1, -0.05) is 30.3 Å². The van der Waals surface area contributed by atoms with E-state index in [9.17, 15) is 0 Å². The Hall–Kier alpha value is -2.99. The van der Waals surface area contributed by atoms with Crippen LogP contribution in [0.2, 0.25) is 0 Å². The van der Waals surface area contributed by atoms with Gasteiger partial charge in [0, 0.05) is 18.1 Å². The van der Waals surface area contributed by atoms with Crippen LogP contribution in [0.25, 0.3) is 16.7 Å². The highest BCUT2D eigenvalue weighted by Gasteiger charge is 2.17. The van der Waals surface area contributed by atoms with Crippen LogP contribution < -0.4 is 4.90 Å². The van der Waals surface area contributed by atoms with Crippen molar-refractivity contribution >= 4 is 28.2 Å². The van der Waals surface area contributed by atoms with E-state index in [1.54, 1.807) is 0 Å². The third-order valence-corrected chi connectivity index (χ3v) is 4.22. The van der Waals surface area contributed by atoms with E-state index in [-0.39, 0.29) is 0 Å². The van der Waals surface area contributed by atoms with E-state index < -0.39 is 0 Å². The lowest BCUT2D eigenvalue weighted by molar-refractivity contribution is 0.389. The SMILES string of the molecule is CN(C)Cc1nnc2nc(N(C)c3ccccc3)c3ccccc3n12. The van der Waals surface area contributed by atoms with Crippen LogP contribution in [0.3, 0.4) is 0 Å². The van der Waals surface area contributed by atoms with Gasteiger partial charge in [0.25, 0.3) is 5.78 Å². The van der Waals surface area contributed by atoms with Crippen LogP contribution in [-0.4, -0.2) is 45.6 Å². The summed E-state index contributed by atoms with van der Waals surface area (Å²) >= 11 is 0. The minimum atomic E-state index is 0.619. The minimum absolute atomic E-state index is 0.619. The molecule has 0 radical (unpaired) electrons. The van der Waals surface area contributed by atoms with Gasteiger partial charge in [0.2, 0.25) is 0 Å². The van der Waals surface area contributed by atoms with Crippen molar-refractivity contribution in [3.63, 3.8) is 0 Å². The molecule has 0 aliphatic rings. The van der Waals surface area contributed by atoms with Crippen LogP contribution in [0, 0.1) is 0 Å². The van der Waals surface area contributed by atoms with Gasteiger partial charge in [-0.3, -0.25) is 4.40 Å². The fourth-order valence-corrected chi connectivity index (χ4v) is 3.05. The third kappa shape index (κ3) is 2.70. The quantitative estimate of drug-likeness (QED) is 0.575. The van der Waals surface area contributed by atoms with Gasteiger partial charge in [0.15, 0.2) is 5.82 Å². The van der Waals surface area contributed by atoms with E-state index in [0.717, 1.165) is 28.2 Å². The van der Waals surface area contributed by atoms with Crippen LogP contribution in [0.15, 0.2) is 54.6 Å². The summed E-state index contributed by atoms with van der Waals surface area (Å²) in [6.07, 6.45) is 0. The number of aromatic nitrogens is 4. The molecule has 25 heavy (non-hydrogen) atoms. The summed E-state index contributed by atoms with van der Waals surface area (Å²) in [6.45, 7) is 0.709. The van der Waals surface area contributed by atoms with E-state index >= 15 is 0 Å². The summed E-state index contributed by atoms with van der Waals surface area (Å²) < 4.78 is 2.04. The molecule has 2 heterocycles. The van der Waals surface area contributed by atoms with Crippen LogP contribution in [-0.2, 0) is 6.54 Å². The number of benzene rings is 2. The van der Waals surface area contributed by atoms with Crippen molar-refractivity contribution < 1.29 is 0 Å². The van der Waals surface area contributed by atoms with Crippen LogP contribution in [0.4, 0.5) is 11.5 Å². The molecule has 0 spiro atoms. The topological polar surface area (TPSA) is 49.6 Å². The highest BCUT2D eigenvalue weighted by molar-refractivity contribution is 5.93. The largest absolute Gasteiger partial charge is 0.329 e. The molecule has 0 N–H and O–H groups in total. The van der Waals surface area contributed by atoms with Gasteiger partial charge in [-0.2, -0.15) is 4.98 Å². The van der Waals surface area contributed by atoms with Crippen molar-refractivity contribution in [2.75, 3.05) is 26.0 Å². The molecule has 6 heteroatoms. The first-order valence-corrected chi connectivity index (χ1v) is 8.21. The molecule has 2 aromatic heterocycles. The first-order valence-electron chi connectivity index (χ1n) is 8.21. The smallest absolute Gasteiger partial charge is 0.257 e. The van der Waals surface area contributed by atoms with E-state index in [4.69, 9.17) is 4.98 Å². The summed E-state index contributed by atoms with van der Waals surface area (Å²) in [6, 6.07) is 18.5. The van der Waals surface area contributed by atoms with Crippen LogP contribution in [0.1, 0.15) is 5.82 Å². The lowest BCUT2D eigenvalue weighted by Crippen LogP contribution is -2.15. The molecule has 6 nitrogen and oxygen atoms in total. The Morgan fingerprint density at radius 2 is 1.60 bits per heavy atom. The fourth-order valence-electron chi connectivity index (χ4n) is 3.05. The zero-order valence-electron chi connectivity index (χ0n) is 14.6. The normalized spacial score (nSPS) is 11.5. The van der Waals surface area contributed by atoms with Crippen molar-refractivity contribution in [2.45, 2.75) is 6.54 Å². The summed E-state index contributed by atoms with van der Waals surface area (Å²) in [5, 5.41) is 9.73. The number of rotatable bonds is 4. The number of anilines is 2. The Bertz CT molecular complexity index is 1020. The van der Waals surface area contributed by atoms with E-state index in [1.807, 2.05) is 55.9 Å². The molecule has 0 amide bonds. The second-order valence-electron chi connectivity index (χ2n) is 6.34. The van der Waals surface area contributed by atoms with Gasteiger partial charge in [-0.15, -0.1) is 10.2 Å². The lowest BCUT2D eigenvalue weighted by Gasteiger charge is -2.20. The average Bonchev–Trinajstić information content (AvgIpc) is 3.03. The third-order valence-electron chi connectivity index (χ3n) is 4.22. The van der Waals surface area contributed by atoms with Crippen molar-refractivity contribution in [3.05, 3.63) is 60.4 Å². The van der Waals surface area contributed by atoms with Crippen molar-refractivity contribution in [1.29, 1.82) is 0 Å². The molecule has 0 aliphatic carbocycles. The second kappa shape index (κ2) is 6.14. The molecular weight excluding hydrogens is 312 g/mol. The number of para-hydroxylation sites is 2. The zero-order valence-corrected chi connectivity index (χ0v) is 14.6. The summed E-state index contributed by atoms with van der Waals surface area (Å²) in [4.78, 5) is 8.97. The first kappa shape index (κ1) is 15.5. The maximum absolute atomic E-state index is 4.80. The standard InChI is InChI=1S/C19H20N6/c1-23(2)13-17-21-22-19-20-18(24(3)14-9-5-4-6-10-14)15-11-7-8-12-16(15)25(17)19/h4-12H,13H2,1-3H3. The van der Waals surface area contributed by atoms with E-state index in [2.05, 4.69) is 44.3 Å². The highest BCUT2D eigenvalue weighted by Crippen LogP contribution is 2.30. The molecule has 0 saturated carbocycles. The Kier molecular flexibility index (Phi) is 3.82. The Morgan fingerprint density at radius 1 is 0.880 bits per heavy atom. The highest BCUT2D eigenvalue weighted by atomic mass is 15.3. The van der Waals surface area contributed by atoms with Gasteiger partial charge >= 0.3 is 0 Å². The maximum atomic E-state index is 4.80. The van der Waals surface area contributed by atoms with E-state index in [0.29, 0.717) is 12.3 Å². The summed E-state index contributed by atoms with van der Waals surface area (Å²) in [5.41, 5.74) is 2.14. The molecule has 0 unspecified atom stereocenters. The molecular formula is C19H20N6. The summed E-state index contributed by atoms with van der Waals surface area (Å²) in [5.74, 6) is 2.38. The number of nitrogens with zero attached hydrogens (tertiary/aromatic N) is 6. The Labute approximate surface area is 146 Å². The molecule has 4 rings (SSSR count). The Balaban J connectivity index is 1.97. The molecule has 0 bridgehead atoms. The van der Waals surface area contributed by atoms with Gasteiger partial charge < -0.3 is 9.80 Å². The van der Waals surface area contributed by atoms with Crippen molar-refractivity contribution in [3.8, 4) is 0 Å². The lowest BCUT2D eigenvalue weighted by atomic mass is 10.2. The number of fused-ring (bicyclic) bond motifs is 3. The minimum Gasteiger partial charge on any atom is -0.329 e. The van der Waals surface area contributed by atoms with Crippen molar-refractivity contribution in [1.82, 2.24) is 24.5 Å². The molecule has 0 aliphatic heterocycles. The monoisotopic (exact) mass is 332 g/mol. The molecule has 0 atom stereocenters. The van der Waals surface area contributed by atoms with Gasteiger partial charge in [0.05, 0.1) is 12.1 Å². The number of hydrogen-bond acceptors (Lipinski definition) is 5. The van der Waals surface area contributed by atoms with Gasteiger partial charge in [-0.05, 0) is 38.4 Å². The summed E-state index contributed by atoms with van der Waals surface area (Å²) in [7, 11) is 6.07. The molecule has 2 aromatic carbocycles.